The topological polar surface area (TPSA) is 0 Å². The fraction of sp³-hybridized carbons (Fsp3) is 0.200. The van der Waals surface area contributed by atoms with E-state index in [-0.39, 0.29) is 5.82 Å². The highest BCUT2D eigenvalue weighted by Gasteiger charge is 1.95. The first kappa shape index (κ1) is 9.09. The summed E-state index contributed by atoms with van der Waals surface area (Å²) in [7, 11) is 0. The van der Waals surface area contributed by atoms with Gasteiger partial charge in [0.25, 0.3) is 0 Å². The van der Waals surface area contributed by atoms with Crippen LogP contribution in [0.3, 0.4) is 0 Å². The highest BCUT2D eigenvalue weighted by Crippen LogP contribution is 2.07. The van der Waals surface area contributed by atoms with E-state index < -0.39 is 0 Å². The molecular formula is C10H8ClF. The third kappa shape index (κ3) is 2.25. The van der Waals surface area contributed by atoms with Crippen molar-refractivity contribution in [3.63, 3.8) is 0 Å². The molecule has 0 saturated heterocycles. The van der Waals surface area contributed by atoms with E-state index in [9.17, 15) is 4.39 Å². The predicted octanol–water partition coefficient (Wildman–Crippen LogP) is 2.72. The van der Waals surface area contributed by atoms with E-state index in [1.165, 1.54) is 6.07 Å². The number of hydrogen-bond donors (Lipinski definition) is 0. The molecule has 0 bridgehead atoms. The summed E-state index contributed by atoms with van der Waals surface area (Å²) in [5.74, 6) is 5.62. The molecule has 0 aliphatic heterocycles. The number of hydrogen-bond acceptors (Lipinski definition) is 0. The maximum atomic E-state index is 12.7. The van der Waals surface area contributed by atoms with Gasteiger partial charge < -0.3 is 0 Å². The highest BCUT2D eigenvalue weighted by molar-refractivity contribution is 6.19. The van der Waals surface area contributed by atoms with Gasteiger partial charge in [0.1, 0.15) is 5.82 Å². The zero-order valence-corrected chi connectivity index (χ0v) is 7.45. The van der Waals surface area contributed by atoms with Crippen molar-refractivity contribution in [2.75, 3.05) is 5.88 Å². The Bertz CT molecular complexity index is 333. The van der Waals surface area contributed by atoms with Gasteiger partial charge in [0.05, 0.1) is 5.88 Å². The van der Waals surface area contributed by atoms with Crippen molar-refractivity contribution in [3.05, 3.63) is 35.1 Å². The third-order valence-corrected chi connectivity index (χ3v) is 1.59. The molecule has 12 heavy (non-hydrogen) atoms. The molecule has 0 saturated carbocycles. The molecule has 0 radical (unpaired) electrons. The molecule has 0 aromatic heterocycles. The number of alkyl halides is 1. The lowest BCUT2D eigenvalue weighted by atomic mass is 10.1. The molecule has 0 unspecified atom stereocenters. The van der Waals surface area contributed by atoms with Crippen LogP contribution >= 0.6 is 11.6 Å². The van der Waals surface area contributed by atoms with Gasteiger partial charge in [0.2, 0.25) is 0 Å². The Morgan fingerprint density at radius 2 is 2.25 bits per heavy atom. The van der Waals surface area contributed by atoms with E-state index >= 15 is 0 Å². The first-order chi connectivity index (χ1) is 5.74. The SMILES string of the molecule is Cc1cc(C#CCCl)ccc1F. The molecule has 0 N–H and O–H groups in total. The van der Waals surface area contributed by atoms with E-state index in [0.717, 1.165) is 5.56 Å². The van der Waals surface area contributed by atoms with E-state index in [0.29, 0.717) is 11.4 Å². The van der Waals surface area contributed by atoms with Crippen molar-refractivity contribution >= 4 is 11.6 Å². The predicted molar refractivity (Wildman–Crippen MR) is 48.7 cm³/mol. The number of benzene rings is 1. The van der Waals surface area contributed by atoms with Crippen LogP contribution in [0.25, 0.3) is 0 Å². The Morgan fingerprint density at radius 3 is 2.83 bits per heavy atom. The van der Waals surface area contributed by atoms with Crippen molar-refractivity contribution in [1.29, 1.82) is 0 Å². The van der Waals surface area contributed by atoms with E-state index in [4.69, 9.17) is 11.6 Å². The molecule has 0 atom stereocenters. The minimum atomic E-state index is -0.202. The van der Waals surface area contributed by atoms with Crippen LogP contribution in [0.4, 0.5) is 4.39 Å². The lowest BCUT2D eigenvalue weighted by Gasteiger charge is -1.95. The number of aryl methyl sites for hydroxylation is 1. The summed E-state index contributed by atoms with van der Waals surface area (Å²) in [6, 6.07) is 4.75. The molecule has 0 heterocycles. The van der Waals surface area contributed by atoms with Crippen molar-refractivity contribution in [2.24, 2.45) is 0 Å². The average Bonchev–Trinajstić information content (AvgIpc) is 2.07. The molecule has 0 fully saturated rings. The number of halogens is 2. The van der Waals surface area contributed by atoms with Gasteiger partial charge in [-0.2, -0.15) is 0 Å². The van der Waals surface area contributed by atoms with Gasteiger partial charge >= 0.3 is 0 Å². The second kappa shape index (κ2) is 4.13. The average molecular weight is 183 g/mol. The standard InChI is InChI=1S/C10H8ClF/c1-8-7-9(3-2-6-11)4-5-10(8)12/h4-5,7H,6H2,1H3. The fourth-order valence-corrected chi connectivity index (χ4v) is 0.925. The molecule has 1 aromatic carbocycles. The first-order valence-corrected chi connectivity index (χ1v) is 4.08. The molecule has 0 amide bonds. The normalized spacial score (nSPS) is 8.92. The van der Waals surface area contributed by atoms with Crippen LogP contribution in [0.2, 0.25) is 0 Å². The second-order valence-electron chi connectivity index (χ2n) is 2.40. The summed E-state index contributed by atoms with van der Waals surface area (Å²) in [6.45, 7) is 1.71. The Kier molecular flexibility index (Phi) is 3.13. The quantitative estimate of drug-likeness (QED) is 0.428. The lowest BCUT2D eigenvalue weighted by molar-refractivity contribution is 0.618. The Balaban J connectivity index is 2.97. The largest absolute Gasteiger partial charge is 0.207 e. The fourth-order valence-electron chi connectivity index (χ4n) is 0.858. The Labute approximate surface area is 76.4 Å². The summed E-state index contributed by atoms with van der Waals surface area (Å²) in [5, 5.41) is 0. The second-order valence-corrected chi connectivity index (χ2v) is 2.67. The zero-order chi connectivity index (χ0) is 8.97. The van der Waals surface area contributed by atoms with Gasteiger partial charge in [-0.3, -0.25) is 0 Å². The van der Waals surface area contributed by atoms with Gasteiger partial charge in [-0.25, -0.2) is 4.39 Å². The molecular weight excluding hydrogens is 175 g/mol. The smallest absolute Gasteiger partial charge is 0.126 e. The van der Waals surface area contributed by atoms with Crippen LogP contribution in [-0.2, 0) is 0 Å². The monoisotopic (exact) mass is 182 g/mol. The van der Waals surface area contributed by atoms with E-state index in [1.54, 1.807) is 19.1 Å². The molecule has 0 aliphatic carbocycles. The van der Waals surface area contributed by atoms with Gasteiger partial charge in [-0.1, -0.05) is 11.8 Å². The minimum absolute atomic E-state index is 0.202. The van der Waals surface area contributed by atoms with Crippen molar-refractivity contribution in [2.45, 2.75) is 6.92 Å². The minimum Gasteiger partial charge on any atom is -0.207 e. The van der Waals surface area contributed by atoms with Crippen LogP contribution < -0.4 is 0 Å². The molecule has 62 valence electrons. The van der Waals surface area contributed by atoms with Crippen LogP contribution in [0, 0.1) is 24.6 Å². The van der Waals surface area contributed by atoms with Crippen LogP contribution in [0.15, 0.2) is 18.2 Å². The maximum absolute atomic E-state index is 12.7. The van der Waals surface area contributed by atoms with Gasteiger partial charge in [-0.05, 0) is 30.7 Å². The summed E-state index contributed by atoms with van der Waals surface area (Å²) in [6.07, 6.45) is 0. The van der Waals surface area contributed by atoms with Crippen LogP contribution in [0.1, 0.15) is 11.1 Å². The van der Waals surface area contributed by atoms with Crippen molar-refractivity contribution < 1.29 is 4.39 Å². The molecule has 0 spiro atoms. The Morgan fingerprint density at radius 1 is 1.50 bits per heavy atom. The Hall–Kier alpha value is -1.00. The molecule has 0 aliphatic rings. The summed E-state index contributed by atoms with van der Waals surface area (Å²) >= 11 is 5.37. The summed E-state index contributed by atoms with van der Waals surface area (Å²) in [4.78, 5) is 0. The zero-order valence-electron chi connectivity index (χ0n) is 6.70. The highest BCUT2D eigenvalue weighted by atomic mass is 35.5. The summed E-state index contributed by atoms with van der Waals surface area (Å²) in [5.41, 5.74) is 1.41. The molecule has 2 heteroatoms. The number of rotatable bonds is 0. The third-order valence-electron chi connectivity index (χ3n) is 1.46. The van der Waals surface area contributed by atoms with E-state index in [1.807, 2.05) is 0 Å². The molecule has 1 aromatic rings. The first-order valence-electron chi connectivity index (χ1n) is 3.55. The van der Waals surface area contributed by atoms with Gasteiger partial charge in [0.15, 0.2) is 0 Å². The van der Waals surface area contributed by atoms with Gasteiger partial charge in [-0.15, -0.1) is 11.6 Å². The lowest BCUT2D eigenvalue weighted by Crippen LogP contribution is -1.83. The van der Waals surface area contributed by atoms with Crippen LogP contribution in [0.5, 0.6) is 0 Å². The van der Waals surface area contributed by atoms with Crippen molar-refractivity contribution in [1.82, 2.24) is 0 Å². The molecule has 0 nitrogen and oxygen atoms in total. The maximum Gasteiger partial charge on any atom is 0.126 e. The van der Waals surface area contributed by atoms with Gasteiger partial charge in [0, 0.05) is 5.56 Å². The van der Waals surface area contributed by atoms with Crippen molar-refractivity contribution in [3.8, 4) is 11.8 Å². The summed E-state index contributed by atoms with van der Waals surface area (Å²) < 4.78 is 12.7. The molecule has 1 rings (SSSR count). The van der Waals surface area contributed by atoms with E-state index in [2.05, 4.69) is 11.8 Å². The van der Waals surface area contributed by atoms with Crippen LogP contribution in [-0.4, -0.2) is 5.88 Å².